The Kier molecular flexibility index (Phi) is 4.57. The van der Waals surface area contributed by atoms with Gasteiger partial charge in [0.25, 0.3) is 5.91 Å². The van der Waals surface area contributed by atoms with Crippen LogP contribution in [0.1, 0.15) is 43.6 Å². The van der Waals surface area contributed by atoms with E-state index >= 15 is 0 Å². The molecule has 1 saturated carbocycles. The monoisotopic (exact) mass is 330 g/mol. The molecule has 1 aromatic carbocycles. The van der Waals surface area contributed by atoms with Crippen molar-refractivity contribution >= 4 is 5.91 Å². The molecule has 6 nitrogen and oxygen atoms in total. The number of aromatic nitrogens is 1. The van der Waals surface area contributed by atoms with E-state index in [9.17, 15) is 9.90 Å². The summed E-state index contributed by atoms with van der Waals surface area (Å²) in [4.78, 5) is 16.4. The van der Waals surface area contributed by atoms with E-state index in [0.29, 0.717) is 12.2 Å². The smallest absolute Gasteiger partial charge is 0.399 e. The first-order chi connectivity index (χ1) is 11.4. The lowest BCUT2D eigenvalue weighted by atomic mass is 9.73. The molecule has 0 radical (unpaired) electrons. The zero-order chi connectivity index (χ0) is 17.2. The first kappa shape index (κ1) is 16.5. The number of hydrogen-bond acceptors (Lipinski definition) is 5. The fraction of sp³-hybridized carbons (Fsp3) is 0.444. The Morgan fingerprint density at radius 1 is 1.33 bits per heavy atom. The fourth-order valence-corrected chi connectivity index (χ4v) is 3.00. The van der Waals surface area contributed by atoms with Crippen LogP contribution in [0.4, 0.5) is 0 Å². The molecule has 2 N–H and O–H groups in total. The third-order valence-electron chi connectivity index (χ3n) is 4.46. The van der Waals surface area contributed by atoms with Crippen molar-refractivity contribution in [3.05, 3.63) is 42.3 Å². The molecule has 3 rings (SSSR count). The maximum atomic E-state index is 12.3. The molecule has 1 aliphatic carbocycles. The summed E-state index contributed by atoms with van der Waals surface area (Å²) >= 11 is 0. The van der Waals surface area contributed by atoms with E-state index < -0.39 is 0 Å². The number of carbonyl (C=O) groups excluding carboxylic acids is 1. The SMILES string of the molecule is CC1(C)CC(NC(=O)c2coc(Oc3ccccc3)n2)CCC1O. The first-order valence-corrected chi connectivity index (χ1v) is 8.11. The van der Waals surface area contributed by atoms with Crippen molar-refractivity contribution in [1.82, 2.24) is 10.3 Å². The number of nitrogens with one attached hydrogen (secondary N) is 1. The average Bonchev–Trinajstić information content (AvgIpc) is 3.00. The Hall–Kier alpha value is -2.34. The van der Waals surface area contributed by atoms with Crippen LogP contribution < -0.4 is 10.1 Å². The van der Waals surface area contributed by atoms with Crippen molar-refractivity contribution < 1.29 is 19.1 Å². The van der Waals surface area contributed by atoms with Gasteiger partial charge in [-0.15, -0.1) is 0 Å². The largest absolute Gasteiger partial charge is 0.416 e. The molecule has 2 aromatic rings. The number of nitrogens with zero attached hydrogens (tertiary/aromatic N) is 1. The molecule has 0 saturated heterocycles. The third kappa shape index (κ3) is 3.76. The van der Waals surface area contributed by atoms with Crippen LogP contribution in [-0.4, -0.2) is 28.1 Å². The molecular weight excluding hydrogens is 308 g/mol. The van der Waals surface area contributed by atoms with Gasteiger partial charge in [-0.25, -0.2) is 0 Å². The molecule has 6 heteroatoms. The van der Waals surface area contributed by atoms with E-state index in [-0.39, 0.29) is 35.2 Å². The van der Waals surface area contributed by atoms with E-state index in [1.807, 2.05) is 32.0 Å². The van der Waals surface area contributed by atoms with Crippen molar-refractivity contribution in [2.45, 2.75) is 45.3 Å². The second-order valence-corrected chi connectivity index (χ2v) is 6.87. The van der Waals surface area contributed by atoms with Crippen molar-refractivity contribution in [2.24, 2.45) is 5.41 Å². The van der Waals surface area contributed by atoms with E-state index in [4.69, 9.17) is 9.15 Å². The second-order valence-electron chi connectivity index (χ2n) is 6.87. The van der Waals surface area contributed by atoms with Crippen LogP contribution in [0.5, 0.6) is 11.8 Å². The first-order valence-electron chi connectivity index (χ1n) is 8.11. The minimum Gasteiger partial charge on any atom is -0.416 e. The van der Waals surface area contributed by atoms with Gasteiger partial charge in [-0.1, -0.05) is 32.0 Å². The molecule has 2 atom stereocenters. The van der Waals surface area contributed by atoms with Gasteiger partial charge in [0.2, 0.25) is 0 Å². The van der Waals surface area contributed by atoms with Gasteiger partial charge >= 0.3 is 6.08 Å². The normalized spacial score (nSPS) is 22.8. The summed E-state index contributed by atoms with van der Waals surface area (Å²) in [5.41, 5.74) is -0.0217. The third-order valence-corrected chi connectivity index (χ3v) is 4.46. The van der Waals surface area contributed by atoms with E-state index in [1.54, 1.807) is 12.1 Å². The van der Waals surface area contributed by atoms with Crippen molar-refractivity contribution in [1.29, 1.82) is 0 Å². The summed E-state index contributed by atoms with van der Waals surface area (Å²) in [5, 5.41) is 13.0. The molecule has 128 valence electrons. The van der Waals surface area contributed by atoms with Crippen LogP contribution in [0.3, 0.4) is 0 Å². The van der Waals surface area contributed by atoms with Crippen LogP contribution in [-0.2, 0) is 0 Å². The molecule has 24 heavy (non-hydrogen) atoms. The lowest BCUT2D eigenvalue weighted by Gasteiger charge is -2.39. The average molecular weight is 330 g/mol. The highest BCUT2D eigenvalue weighted by molar-refractivity contribution is 5.92. The molecule has 1 amide bonds. The lowest BCUT2D eigenvalue weighted by Crippen LogP contribution is -2.46. The maximum absolute atomic E-state index is 12.3. The molecule has 0 aliphatic heterocycles. The van der Waals surface area contributed by atoms with Crippen LogP contribution in [0.2, 0.25) is 0 Å². The van der Waals surface area contributed by atoms with Crippen molar-refractivity contribution in [3.8, 4) is 11.8 Å². The second kappa shape index (κ2) is 6.65. The van der Waals surface area contributed by atoms with Gasteiger partial charge in [0.15, 0.2) is 5.69 Å². The Bertz CT molecular complexity index is 696. The highest BCUT2D eigenvalue weighted by Gasteiger charge is 2.36. The molecule has 1 aromatic heterocycles. The molecule has 2 unspecified atom stereocenters. The number of ether oxygens (including phenoxy) is 1. The molecule has 1 fully saturated rings. The van der Waals surface area contributed by atoms with E-state index in [0.717, 1.165) is 12.8 Å². The van der Waals surface area contributed by atoms with Gasteiger partial charge in [-0.2, -0.15) is 4.98 Å². The number of rotatable bonds is 4. The number of carbonyl (C=O) groups is 1. The number of oxazole rings is 1. The highest BCUT2D eigenvalue weighted by Crippen LogP contribution is 2.35. The zero-order valence-electron chi connectivity index (χ0n) is 13.9. The van der Waals surface area contributed by atoms with Crippen LogP contribution in [0, 0.1) is 5.41 Å². The van der Waals surface area contributed by atoms with Crippen molar-refractivity contribution in [2.75, 3.05) is 0 Å². The number of amides is 1. The number of aliphatic hydroxyl groups is 1. The Balaban J connectivity index is 1.60. The predicted molar refractivity (Wildman–Crippen MR) is 87.9 cm³/mol. The molecule has 1 heterocycles. The summed E-state index contributed by atoms with van der Waals surface area (Å²) in [5.74, 6) is 0.299. The summed E-state index contributed by atoms with van der Waals surface area (Å²) in [6.45, 7) is 4.02. The summed E-state index contributed by atoms with van der Waals surface area (Å²) in [7, 11) is 0. The lowest BCUT2D eigenvalue weighted by molar-refractivity contribution is 0.00178. The topological polar surface area (TPSA) is 84.6 Å². The Morgan fingerprint density at radius 2 is 2.08 bits per heavy atom. The molecule has 0 bridgehead atoms. The van der Waals surface area contributed by atoms with E-state index in [1.165, 1.54) is 6.26 Å². The van der Waals surface area contributed by atoms with Gasteiger partial charge in [0.1, 0.15) is 12.0 Å². The van der Waals surface area contributed by atoms with Gasteiger partial charge in [-0.3, -0.25) is 4.79 Å². The van der Waals surface area contributed by atoms with Gasteiger partial charge < -0.3 is 19.6 Å². The predicted octanol–water partition coefficient (Wildman–Crippen LogP) is 3.14. The maximum Gasteiger partial charge on any atom is 0.399 e. The summed E-state index contributed by atoms with van der Waals surface area (Å²) in [6.07, 6.45) is 3.15. The molecular formula is C18H22N2O4. The van der Waals surface area contributed by atoms with Crippen LogP contribution >= 0.6 is 0 Å². The quantitative estimate of drug-likeness (QED) is 0.899. The Labute approximate surface area is 140 Å². The van der Waals surface area contributed by atoms with Gasteiger partial charge in [-0.05, 0) is 36.8 Å². The number of benzene rings is 1. The molecule has 0 spiro atoms. The van der Waals surface area contributed by atoms with Gasteiger partial charge in [0.05, 0.1) is 6.10 Å². The highest BCUT2D eigenvalue weighted by atomic mass is 16.6. The zero-order valence-corrected chi connectivity index (χ0v) is 13.9. The number of para-hydroxylation sites is 1. The van der Waals surface area contributed by atoms with Crippen LogP contribution in [0.15, 0.2) is 41.0 Å². The standard InChI is InChI=1S/C18H22N2O4/c1-18(2)10-12(8-9-15(18)21)19-16(22)14-11-23-17(20-14)24-13-6-4-3-5-7-13/h3-7,11-12,15,21H,8-10H2,1-2H3,(H,19,22). The number of hydrogen-bond donors (Lipinski definition) is 2. The van der Waals surface area contributed by atoms with Crippen LogP contribution in [0.25, 0.3) is 0 Å². The fourth-order valence-electron chi connectivity index (χ4n) is 3.00. The Morgan fingerprint density at radius 3 is 2.79 bits per heavy atom. The summed E-state index contributed by atoms with van der Waals surface area (Å²) < 4.78 is 10.7. The molecule has 1 aliphatic rings. The minimum absolute atomic E-state index is 0.0195. The van der Waals surface area contributed by atoms with Gasteiger partial charge in [0, 0.05) is 6.04 Å². The number of aliphatic hydroxyl groups excluding tert-OH is 1. The summed E-state index contributed by atoms with van der Waals surface area (Å²) in [6, 6.07) is 9.13. The van der Waals surface area contributed by atoms with Crippen molar-refractivity contribution in [3.63, 3.8) is 0 Å². The minimum atomic E-state index is -0.330. The van der Waals surface area contributed by atoms with E-state index in [2.05, 4.69) is 10.3 Å².